The number of rotatable bonds is 6. The van der Waals surface area contributed by atoms with Crippen LogP contribution in [0.1, 0.15) is 23.7 Å². The molecule has 6 nitrogen and oxygen atoms in total. The maximum Gasteiger partial charge on any atom is 0.313 e. The Bertz CT molecular complexity index is 795. The standard InChI is InChI=1S/C22H27N3O3/c1-17-8-5-6-11-19(17)24-22(27)21(26)23-12-7-13-25-14-15-28-20(16-25)18-9-3-2-4-10-18/h2-6,8-11,20H,7,12-16H2,1H3,(H,23,26)(H,24,27)/t20-/m0/s1. The van der Waals surface area contributed by atoms with Crippen LogP contribution in [0.25, 0.3) is 0 Å². The summed E-state index contributed by atoms with van der Waals surface area (Å²) in [6, 6.07) is 17.6. The van der Waals surface area contributed by atoms with Crippen LogP contribution in [0, 0.1) is 6.92 Å². The normalized spacial score (nSPS) is 17.1. The van der Waals surface area contributed by atoms with Gasteiger partial charge >= 0.3 is 11.8 Å². The van der Waals surface area contributed by atoms with E-state index in [0.29, 0.717) is 18.8 Å². The second kappa shape index (κ2) is 10.0. The molecule has 0 unspecified atom stereocenters. The largest absolute Gasteiger partial charge is 0.371 e. The molecule has 2 N–H and O–H groups in total. The molecule has 1 atom stereocenters. The Morgan fingerprint density at radius 3 is 2.61 bits per heavy atom. The Kier molecular flexibility index (Phi) is 7.17. The molecular formula is C22H27N3O3. The lowest BCUT2D eigenvalue weighted by Gasteiger charge is -2.33. The third kappa shape index (κ3) is 5.65. The topological polar surface area (TPSA) is 70.7 Å². The quantitative estimate of drug-likeness (QED) is 0.596. The number of ether oxygens (including phenoxy) is 1. The minimum atomic E-state index is -0.634. The first kappa shape index (κ1) is 20.0. The number of carbonyl (C=O) groups is 2. The van der Waals surface area contributed by atoms with Gasteiger partial charge < -0.3 is 15.4 Å². The predicted octanol–water partition coefficient (Wildman–Crippen LogP) is 2.51. The molecule has 0 spiro atoms. The highest BCUT2D eigenvalue weighted by atomic mass is 16.5. The Morgan fingerprint density at radius 2 is 1.82 bits per heavy atom. The molecule has 2 aromatic carbocycles. The first-order valence-corrected chi connectivity index (χ1v) is 9.67. The van der Waals surface area contributed by atoms with Gasteiger partial charge in [0, 0.05) is 31.9 Å². The maximum absolute atomic E-state index is 12.0. The summed E-state index contributed by atoms with van der Waals surface area (Å²) in [7, 11) is 0. The minimum Gasteiger partial charge on any atom is -0.371 e. The number of hydrogen-bond donors (Lipinski definition) is 2. The summed E-state index contributed by atoms with van der Waals surface area (Å²) in [5, 5.41) is 5.34. The molecular weight excluding hydrogens is 354 g/mol. The van der Waals surface area contributed by atoms with Crippen LogP contribution in [0.3, 0.4) is 0 Å². The minimum absolute atomic E-state index is 0.0874. The van der Waals surface area contributed by atoms with Crippen molar-refractivity contribution in [2.75, 3.05) is 38.1 Å². The summed E-state index contributed by atoms with van der Waals surface area (Å²) in [5.41, 5.74) is 2.76. The van der Waals surface area contributed by atoms with Gasteiger partial charge in [-0.2, -0.15) is 0 Å². The van der Waals surface area contributed by atoms with Crippen molar-refractivity contribution < 1.29 is 14.3 Å². The summed E-state index contributed by atoms with van der Waals surface area (Å²) in [4.78, 5) is 26.3. The lowest BCUT2D eigenvalue weighted by molar-refractivity contribution is -0.136. The van der Waals surface area contributed by atoms with Crippen LogP contribution in [-0.2, 0) is 14.3 Å². The summed E-state index contributed by atoms with van der Waals surface area (Å²) in [6.45, 7) is 5.62. The van der Waals surface area contributed by atoms with E-state index < -0.39 is 11.8 Å². The van der Waals surface area contributed by atoms with Crippen molar-refractivity contribution in [2.45, 2.75) is 19.4 Å². The first-order valence-electron chi connectivity index (χ1n) is 9.67. The molecule has 148 valence electrons. The van der Waals surface area contributed by atoms with Crippen LogP contribution < -0.4 is 10.6 Å². The number of amides is 2. The lowest BCUT2D eigenvalue weighted by Crippen LogP contribution is -2.41. The number of carbonyl (C=O) groups excluding carboxylic acids is 2. The van der Waals surface area contributed by atoms with E-state index in [9.17, 15) is 9.59 Å². The van der Waals surface area contributed by atoms with Crippen molar-refractivity contribution in [1.82, 2.24) is 10.2 Å². The smallest absolute Gasteiger partial charge is 0.313 e. The van der Waals surface area contributed by atoms with Crippen LogP contribution in [-0.4, -0.2) is 49.5 Å². The van der Waals surface area contributed by atoms with Gasteiger partial charge in [-0.3, -0.25) is 14.5 Å². The van der Waals surface area contributed by atoms with Gasteiger partial charge in [-0.05, 0) is 30.5 Å². The van der Waals surface area contributed by atoms with Crippen molar-refractivity contribution in [1.29, 1.82) is 0 Å². The van der Waals surface area contributed by atoms with E-state index in [1.54, 1.807) is 6.07 Å². The number of hydrogen-bond acceptors (Lipinski definition) is 4. The van der Waals surface area contributed by atoms with E-state index in [-0.39, 0.29) is 6.10 Å². The number of aryl methyl sites for hydroxylation is 1. The van der Waals surface area contributed by atoms with Crippen molar-refractivity contribution in [3.05, 3.63) is 65.7 Å². The van der Waals surface area contributed by atoms with Crippen LogP contribution in [0.2, 0.25) is 0 Å². The second-order valence-corrected chi connectivity index (χ2v) is 6.95. The maximum atomic E-state index is 12.0. The molecule has 28 heavy (non-hydrogen) atoms. The molecule has 0 aliphatic carbocycles. The van der Waals surface area contributed by atoms with E-state index >= 15 is 0 Å². The average molecular weight is 381 g/mol. The molecule has 1 saturated heterocycles. The molecule has 1 fully saturated rings. The van der Waals surface area contributed by atoms with Gasteiger partial charge in [-0.1, -0.05) is 48.5 Å². The highest BCUT2D eigenvalue weighted by Gasteiger charge is 2.21. The van der Waals surface area contributed by atoms with Gasteiger partial charge in [0.15, 0.2) is 0 Å². The fourth-order valence-corrected chi connectivity index (χ4v) is 3.25. The molecule has 0 radical (unpaired) electrons. The van der Waals surface area contributed by atoms with Crippen molar-refractivity contribution in [2.24, 2.45) is 0 Å². The van der Waals surface area contributed by atoms with Gasteiger partial charge in [-0.25, -0.2) is 0 Å². The fraction of sp³-hybridized carbons (Fsp3) is 0.364. The molecule has 2 amide bonds. The fourth-order valence-electron chi connectivity index (χ4n) is 3.25. The van der Waals surface area contributed by atoms with Crippen molar-refractivity contribution in [3.8, 4) is 0 Å². The molecule has 0 aromatic heterocycles. The van der Waals surface area contributed by atoms with Crippen LogP contribution in [0.15, 0.2) is 54.6 Å². The summed E-state index contributed by atoms with van der Waals surface area (Å²) in [5.74, 6) is -1.24. The summed E-state index contributed by atoms with van der Waals surface area (Å²) < 4.78 is 5.87. The zero-order valence-electron chi connectivity index (χ0n) is 16.2. The first-order chi connectivity index (χ1) is 13.6. The molecule has 0 saturated carbocycles. The lowest BCUT2D eigenvalue weighted by atomic mass is 10.1. The van der Waals surface area contributed by atoms with Crippen LogP contribution in [0.5, 0.6) is 0 Å². The zero-order valence-corrected chi connectivity index (χ0v) is 16.2. The monoisotopic (exact) mass is 381 g/mol. The van der Waals surface area contributed by atoms with E-state index in [4.69, 9.17) is 4.74 Å². The molecule has 1 aliphatic rings. The molecule has 3 rings (SSSR count). The van der Waals surface area contributed by atoms with E-state index in [2.05, 4.69) is 27.7 Å². The number of nitrogens with one attached hydrogen (secondary N) is 2. The number of para-hydroxylation sites is 1. The van der Waals surface area contributed by atoms with Crippen LogP contribution >= 0.6 is 0 Å². The van der Waals surface area contributed by atoms with Gasteiger partial charge in [0.05, 0.1) is 12.7 Å². The van der Waals surface area contributed by atoms with Gasteiger partial charge in [0.1, 0.15) is 0 Å². The molecule has 0 bridgehead atoms. The average Bonchev–Trinajstić information content (AvgIpc) is 2.73. The molecule has 1 heterocycles. The SMILES string of the molecule is Cc1ccccc1NC(=O)C(=O)NCCCN1CCO[C@H](c2ccccc2)C1. The van der Waals surface area contributed by atoms with Gasteiger partial charge in [0.25, 0.3) is 0 Å². The summed E-state index contributed by atoms with van der Waals surface area (Å²) >= 11 is 0. The second-order valence-electron chi connectivity index (χ2n) is 6.95. The van der Waals surface area contributed by atoms with Crippen molar-refractivity contribution in [3.63, 3.8) is 0 Å². The third-order valence-corrected chi connectivity index (χ3v) is 4.86. The number of morpholine rings is 1. The highest BCUT2D eigenvalue weighted by Crippen LogP contribution is 2.21. The third-order valence-electron chi connectivity index (χ3n) is 4.86. The Balaban J connectivity index is 1.37. The zero-order chi connectivity index (χ0) is 19.8. The predicted molar refractivity (Wildman–Crippen MR) is 109 cm³/mol. The van der Waals surface area contributed by atoms with E-state index in [1.165, 1.54) is 5.56 Å². The van der Waals surface area contributed by atoms with E-state index in [0.717, 1.165) is 31.6 Å². The Hall–Kier alpha value is -2.70. The van der Waals surface area contributed by atoms with Crippen LogP contribution in [0.4, 0.5) is 5.69 Å². The van der Waals surface area contributed by atoms with E-state index in [1.807, 2.05) is 43.3 Å². The van der Waals surface area contributed by atoms with Gasteiger partial charge in [0.2, 0.25) is 0 Å². The number of nitrogens with zero attached hydrogens (tertiary/aromatic N) is 1. The number of benzene rings is 2. The molecule has 2 aromatic rings. The molecule has 1 aliphatic heterocycles. The number of anilines is 1. The van der Waals surface area contributed by atoms with Crippen molar-refractivity contribution >= 4 is 17.5 Å². The molecule has 6 heteroatoms. The Labute approximate surface area is 165 Å². The van der Waals surface area contributed by atoms with Gasteiger partial charge in [-0.15, -0.1) is 0 Å². The summed E-state index contributed by atoms with van der Waals surface area (Å²) in [6.07, 6.45) is 0.870. The Morgan fingerprint density at radius 1 is 1.07 bits per heavy atom. The highest BCUT2D eigenvalue weighted by molar-refractivity contribution is 6.39.